The average Bonchev–Trinajstić information content (AvgIpc) is 2.61. The van der Waals surface area contributed by atoms with Crippen LogP contribution in [-0.4, -0.2) is 40.2 Å². The lowest BCUT2D eigenvalue weighted by molar-refractivity contribution is -0.384. The molecule has 1 aromatic heterocycles. The van der Waals surface area contributed by atoms with Gasteiger partial charge in [0, 0.05) is 5.56 Å². The number of carbonyl (C=O) groups excluding carboxylic acids is 2. The SMILES string of the molecule is CCOC(=O)c1c(Cl)nc(-c2ccc(O)cc2)c([N+](=O)[O-])c1C(=O)OCC. The summed E-state index contributed by atoms with van der Waals surface area (Å²) in [6, 6.07) is 5.30. The Balaban J connectivity index is 2.88. The number of hydrogen-bond acceptors (Lipinski definition) is 8. The van der Waals surface area contributed by atoms with Gasteiger partial charge in [-0.2, -0.15) is 0 Å². The number of halogens is 1. The third-order valence-electron chi connectivity index (χ3n) is 3.41. The topological polar surface area (TPSA) is 129 Å². The van der Waals surface area contributed by atoms with Crippen molar-refractivity contribution >= 4 is 29.2 Å². The summed E-state index contributed by atoms with van der Waals surface area (Å²) in [7, 11) is 0. The Labute approximate surface area is 158 Å². The molecule has 2 aromatic rings. The Kier molecular flexibility index (Phi) is 6.30. The highest BCUT2D eigenvalue weighted by Gasteiger charge is 2.36. The van der Waals surface area contributed by atoms with Crippen LogP contribution in [0.5, 0.6) is 5.75 Å². The number of ether oxygens (including phenoxy) is 2. The number of phenols is 1. The van der Waals surface area contributed by atoms with E-state index in [0.29, 0.717) is 0 Å². The third kappa shape index (κ3) is 4.14. The number of rotatable bonds is 6. The molecule has 0 aliphatic heterocycles. The molecule has 0 aliphatic carbocycles. The van der Waals surface area contributed by atoms with Crippen molar-refractivity contribution in [2.45, 2.75) is 13.8 Å². The lowest BCUT2D eigenvalue weighted by Gasteiger charge is -2.13. The quantitative estimate of drug-likeness (QED) is 0.341. The van der Waals surface area contributed by atoms with Gasteiger partial charge in [0.1, 0.15) is 16.5 Å². The molecule has 0 fully saturated rings. The molecule has 142 valence electrons. The molecule has 0 saturated heterocycles. The lowest BCUT2D eigenvalue weighted by Crippen LogP contribution is -2.18. The molecule has 0 saturated carbocycles. The van der Waals surface area contributed by atoms with E-state index in [0.717, 1.165) is 0 Å². The summed E-state index contributed by atoms with van der Waals surface area (Å²) in [5.74, 6) is -2.20. The first kappa shape index (κ1) is 20.1. The van der Waals surface area contributed by atoms with E-state index in [1.54, 1.807) is 0 Å². The van der Waals surface area contributed by atoms with E-state index in [1.807, 2.05) is 0 Å². The summed E-state index contributed by atoms with van der Waals surface area (Å²) in [6.45, 7) is 2.93. The van der Waals surface area contributed by atoms with Crippen molar-refractivity contribution < 1.29 is 29.1 Å². The maximum atomic E-state index is 12.4. The predicted octanol–water partition coefficient (Wildman–Crippen LogP) is 3.37. The number of phenolic OH excluding ortho intramolecular Hbond substituents is 1. The second kappa shape index (κ2) is 8.45. The molecule has 0 bridgehead atoms. The minimum Gasteiger partial charge on any atom is -0.508 e. The van der Waals surface area contributed by atoms with Gasteiger partial charge in [-0.25, -0.2) is 14.6 Å². The van der Waals surface area contributed by atoms with Crippen molar-refractivity contribution in [2.75, 3.05) is 13.2 Å². The van der Waals surface area contributed by atoms with Crippen molar-refractivity contribution in [2.24, 2.45) is 0 Å². The van der Waals surface area contributed by atoms with Gasteiger partial charge in [-0.05, 0) is 38.1 Å². The highest BCUT2D eigenvalue weighted by molar-refractivity contribution is 6.34. The van der Waals surface area contributed by atoms with Crippen LogP contribution in [0.2, 0.25) is 5.15 Å². The number of hydrogen-bond donors (Lipinski definition) is 1. The van der Waals surface area contributed by atoms with Crippen LogP contribution in [0.1, 0.15) is 34.6 Å². The smallest absolute Gasteiger partial charge is 0.346 e. The second-order valence-electron chi connectivity index (χ2n) is 5.09. The fourth-order valence-electron chi connectivity index (χ4n) is 2.34. The van der Waals surface area contributed by atoms with E-state index in [-0.39, 0.29) is 30.2 Å². The zero-order chi connectivity index (χ0) is 20.1. The van der Waals surface area contributed by atoms with Crippen LogP contribution < -0.4 is 0 Å². The van der Waals surface area contributed by atoms with Gasteiger partial charge < -0.3 is 14.6 Å². The second-order valence-corrected chi connectivity index (χ2v) is 5.45. The number of pyridine rings is 1. The molecule has 9 nitrogen and oxygen atoms in total. The number of nitro groups is 1. The van der Waals surface area contributed by atoms with Gasteiger partial charge in [0.15, 0.2) is 11.3 Å². The molecule has 2 rings (SSSR count). The highest BCUT2D eigenvalue weighted by atomic mass is 35.5. The van der Waals surface area contributed by atoms with Crippen molar-refractivity contribution in [1.29, 1.82) is 0 Å². The van der Waals surface area contributed by atoms with E-state index in [2.05, 4.69) is 4.98 Å². The fraction of sp³-hybridized carbons (Fsp3) is 0.235. The molecule has 27 heavy (non-hydrogen) atoms. The Morgan fingerprint density at radius 3 is 2.11 bits per heavy atom. The lowest BCUT2D eigenvalue weighted by atomic mass is 10.0. The van der Waals surface area contributed by atoms with Crippen LogP contribution >= 0.6 is 11.6 Å². The number of aromatic hydroxyl groups is 1. The third-order valence-corrected chi connectivity index (χ3v) is 3.68. The van der Waals surface area contributed by atoms with Gasteiger partial charge >= 0.3 is 17.6 Å². The number of esters is 2. The highest BCUT2D eigenvalue weighted by Crippen LogP contribution is 2.37. The predicted molar refractivity (Wildman–Crippen MR) is 94.9 cm³/mol. The molecule has 0 radical (unpaired) electrons. The minimum atomic E-state index is -1.10. The van der Waals surface area contributed by atoms with E-state index in [1.165, 1.54) is 38.1 Å². The number of nitrogens with zero attached hydrogens (tertiary/aromatic N) is 2. The first-order valence-corrected chi connectivity index (χ1v) is 8.21. The van der Waals surface area contributed by atoms with Crippen LogP contribution in [0, 0.1) is 10.1 Å². The molecule has 1 heterocycles. The molecule has 0 atom stereocenters. The van der Waals surface area contributed by atoms with Crippen LogP contribution in [0.3, 0.4) is 0 Å². The van der Waals surface area contributed by atoms with E-state index >= 15 is 0 Å². The summed E-state index contributed by atoms with van der Waals surface area (Å²) < 4.78 is 9.72. The van der Waals surface area contributed by atoms with Gasteiger partial charge in [-0.15, -0.1) is 0 Å². The number of aromatic nitrogens is 1. The summed E-state index contributed by atoms with van der Waals surface area (Å²) >= 11 is 6.08. The zero-order valence-electron chi connectivity index (χ0n) is 14.4. The van der Waals surface area contributed by atoms with Gasteiger partial charge in [0.25, 0.3) is 0 Å². The van der Waals surface area contributed by atoms with Crippen LogP contribution in [0.4, 0.5) is 5.69 Å². The van der Waals surface area contributed by atoms with Gasteiger partial charge in [-0.1, -0.05) is 11.6 Å². The molecule has 10 heteroatoms. The Morgan fingerprint density at radius 2 is 1.63 bits per heavy atom. The molecular formula is C17H15ClN2O7. The van der Waals surface area contributed by atoms with Gasteiger partial charge in [0.2, 0.25) is 0 Å². The maximum Gasteiger partial charge on any atom is 0.346 e. The van der Waals surface area contributed by atoms with E-state index < -0.39 is 38.8 Å². The average molecular weight is 395 g/mol. The van der Waals surface area contributed by atoms with Crippen molar-refractivity contribution in [3.05, 3.63) is 50.7 Å². The summed E-state index contributed by atoms with van der Waals surface area (Å²) in [6.07, 6.45) is 0. The number of carbonyl (C=O) groups is 2. The van der Waals surface area contributed by atoms with Crippen LogP contribution in [-0.2, 0) is 9.47 Å². The summed E-state index contributed by atoms with van der Waals surface area (Å²) in [4.78, 5) is 39.5. The zero-order valence-corrected chi connectivity index (χ0v) is 15.1. The molecule has 1 N–H and O–H groups in total. The largest absolute Gasteiger partial charge is 0.508 e. The Morgan fingerprint density at radius 1 is 1.11 bits per heavy atom. The first-order valence-electron chi connectivity index (χ1n) is 7.83. The number of benzene rings is 1. The van der Waals surface area contributed by atoms with Crippen molar-refractivity contribution in [3.63, 3.8) is 0 Å². The van der Waals surface area contributed by atoms with Crippen molar-refractivity contribution in [1.82, 2.24) is 4.98 Å². The molecule has 0 spiro atoms. The summed E-state index contributed by atoms with van der Waals surface area (Å²) in [5, 5.41) is 20.7. The van der Waals surface area contributed by atoms with Crippen LogP contribution in [0.25, 0.3) is 11.3 Å². The molecule has 1 aromatic carbocycles. The van der Waals surface area contributed by atoms with Crippen LogP contribution in [0.15, 0.2) is 24.3 Å². The van der Waals surface area contributed by atoms with Gasteiger partial charge in [-0.3, -0.25) is 10.1 Å². The normalized spacial score (nSPS) is 10.3. The Hall–Kier alpha value is -3.20. The fourth-order valence-corrected chi connectivity index (χ4v) is 2.59. The monoisotopic (exact) mass is 394 g/mol. The first-order chi connectivity index (χ1) is 12.8. The van der Waals surface area contributed by atoms with Crippen molar-refractivity contribution in [3.8, 4) is 17.0 Å². The van der Waals surface area contributed by atoms with Gasteiger partial charge in [0.05, 0.1) is 18.1 Å². The molecule has 0 amide bonds. The standard InChI is InChI=1S/C17H15ClN2O7/c1-3-26-16(22)11-12(17(23)27-4-2)15(18)19-13(14(11)20(24)25)9-5-7-10(21)8-6-9/h5-8,21H,3-4H2,1-2H3. The van der Waals surface area contributed by atoms with E-state index in [9.17, 15) is 24.8 Å². The molecular weight excluding hydrogens is 380 g/mol. The molecule has 0 unspecified atom stereocenters. The minimum absolute atomic E-state index is 0.0368. The molecule has 0 aliphatic rings. The maximum absolute atomic E-state index is 12.4. The summed E-state index contributed by atoms with van der Waals surface area (Å²) in [5.41, 5.74) is -1.95. The Bertz CT molecular complexity index is 897. The van der Waals surface area contributed by atoms with E-state index in [4.69, 9.17) is 21.1 Å².